The van der Waals surface area contributed by atoms with Crippen LogP contribution >= 0.6 is 34.7 Å². The van der Waals surface area contributed by atoms with Gasteiger partial charge in [0.05, 0.1) is 18.6 Å². The Bertz CT molecular complexity index is 1090. The van der Waals surface area contributed by atoms with E-state index in [1.54, 1.807) is 18.8 Å². The standard InChI is InChI=1S/C19H16ClN5O2S2/c20-16-6-2-1-4-13(16)8-15-9-21-18(29-15)23-17(26)11-28-19-24-22-12-25(19)10-14-5-3-7-27-14/h1-7,9,12H,8,10-11H2,(H,21,23,26). The SMILES string of the molecule is O=C(CSc1nncn1Cc1ccco1)Nc1ncc(Cc2ccccc2Cl)s1. The number of nitrogens with zero attached hydrogens (tertiary/aromatic N) is 4. The van der Waals surface area contributed by atoms with Crippen LogP contribution in [0.1, 0.15) is 16.2 Å². The van der Waals surface area contributed by atoms with E-state index >= 15 is 0 Å². The average molecular weight is 446 g/mol. The van der Waals surface area contributed by atoms with Gasteiger partial charge in [-0.1, -0.05) is 41.6 Å². The highest BCUT2D eigenvalue weighted by molar-refractivity contribution is 7.99. The first-order valence-corrected chi connectivity index (χ1v) is 10.9. The van der Waals surface area contributed by atoms with Crippen molar-refractivity contribution in [1.29, 1.82) is 0 Å². The molecule has 0 aliphatic heterocycles. The second-order valence-corrected chi connectivity index (χ2v) is 8.52. The van der Waals surface area contributed by atoms with Gasteiger partial charge in [0.25, 0.3) is 0 Å². The van der Waals surface area contributed by atoms with Crippen molar-refractivity contribution in [3.05, 3.63) is 76.4 Å². The first-order valence-electron chi connectivity index (χ1n) is 8.68. The van der Waals surface area contributed by atoms with Crippen molar-refractivity contribution in [2.24, 2.45) is 0 Å². The van der Waals surface area contributed by atoms with E-state index < -0.39 is 0 Å². The van der Waals surface area contributed by atoms with Gasteiger partial charge in [-0.3, -0.25) is 4.79 Å². The molecule has 4 rings (SSSR count). The number of halogens is 1. The van der Waals surface area contributed by atoms with Crippen molar-refractivity contribution >= 4 is 45.7 Å². The van der Waals surface area contributed by atoms with Gasteiger partial charge in [0.2, 0.25) is 5.91 Å². The summed E-state index contributed by atoms with van der Waals surface area (Å²) in [5.41, 5.74) is 1.03. The Hall–Kier alpha value is -2.62. The molecule has 0 aliphatic carbocycles. The van der Waals surface area contributed by atoms with E-state index in [1.165, 1.54) is 23.1 Å². The number of aromatic nitrogens is 4. The highest BCUT2D eigenvalue weighted by Crippen LogP contribution is 2.25. The lowest BCUT2D eigenvalue weighted by atomic mass is 10.1. The Labute approximate surface area is 180 Å². The lowest BCUT2D eigenvalue weighted by Crippen LogP contribution is -2.14. The maximum absolute atomic E-state index is 12.3. The van der Waals surface area contributed by atoms with Gasteiger partial charge in [0, 0.05) is 22.5 Å². The summed E-state index contributed by atoms with van der Waals surface area (Å²) in [6.07, 6.45) is 5.67. The number of carbonyl (C=O) groups is 1. The lowest BCUT2D eigenvalue weighted by Gasteiger charge is -2.04. The number of anilines is 1. The van der Waals surface area contributed by atoms with Crippen LogP contribution < -0.4 is 5.32 Å². The molecule has 0 saturated heterocycles. The summed E-state index contributed by atoms with van der Waals surface area (Å²) in [4.78, 5) is 17.6. The maximum Gasteiger partial charge on any atom is 0.236 e. The van der Waals surface area contributed by atoms with Crippen molar-refractivity contribution in [3.8, 4) is 0 Å². The third-order valence-corrected chi connectivity index (χ3v) is 6.20. The summed E-state index contributed by atoms with van der Waals surface area (Å²) in [5.74, 6) is 0.849. The molecule has 4 aromatic rings. The molecule has 1 aromatic carbocycles. The van der Waals surface area contributed by atoms with Gasteiger partial charge in [0.1, 0.15) is 12.1 Å². The van der Waals surface area contributed by atoms with Gasteiger partial charge >= 0.3 is 0 Å². The van der Waals surface area contributed by atoms with Crippen LogP contribution in [0.3, 0.4) is 0 Å². The lowest BCUT2D eigenvalue weighted by molar-refractivity contribution is -0.113. The zero-order valence-electron chi connectivity index (χ0n) is 15.1. The Morgan fingerprint density at radius 2 is 2.17 bits per heavy atom. The molecule has 1 amide bonds. The van der Waals surface area contributed by atoms with E-state index in [9.17, 15) is 4.79 Å². The molecule has 10 heteroatoms. The van der Waals surface area contributed by atoms with Crippen LogP contribution in [0, 0.1) is 0 Å². The normalized spacial score (nSPS) is 10.9. The van der Waals surface area contributed by atoms with Gasteiger partial charge in [-0.15, -0.1) is 21.5 Å². The average Bonchev–Trinajstić information content (AvgIpc) is 3.46. The molecule has 29 heavy (non-hydrogen) atoms. The van der Waals surface area contributed by atoms with Crippen LogP contribution in [0.2, 0.25) is 5.02 Å². The molecule has 148 valence electrons. The second-order valence-electron chi connectivity index (χ2n) is 6.06. The Balaban J connectivity index is 1.30. The maximum atomic E-state index is 12.3. The number of carbonyl (C=O) groups excluding carboxylic acids is 1. The van der Waals surface area contributed by atoms with Crippen LogP contribution in [0.4, 0.5) is 5.13 Å². The molecule has 0 atom stereocenters. The minimum Gasteiger partial charge on any atom is -0.467 e. The number of benzene rings is 1. The monoisotopic (exact) mass is 445 g/mol. The predicted molar refractivity (Wildman–Crippen MR) is 114 cm³/mol. The van der Waals surface area contributed by atoms with Gasteiger partial charge < -0.3 is 14.3 Å². The van der Waals surface area contributed by atoms with Crippen LogP contribution in [0.15, 0.2) is 64.8 Å². The van der Waals surface area contributed by atoms with Crippen molar-refractivity contribution in [2.75, 3.05) is 11.1 Å². The van der Waals surface area contributed by atoms with E-state index in [1.807, 2.05) is 41.0 Å². The summed E-state index contributed by atoms with van der Waals surface area (Å²) < 4.78 is 7.17. The molecule has 0 fully saturated rings. The highest BCUT2D eigenvalue weighted by Gasteiger charge is 2.12. The summed E-state index contributed by atoms with van der Waals surface area (Å²) in [6, 6.07) is 11.4. The Kier molecular flexibility index (Phi) is 6.28. The number of furan rings is 1. The topological polar surface area (TPSA) is 85.8 Å². The fourth-order valence-corrected chi connectivity index (χ4v) is 4.37. The molecule has 1 N–H and O–H groups in total. The highest BCUT2D eigenvalue weighted by atomic mass is 35.5. The van der Waals surface area contributed by atoms with Crippen LogP contribution in [0.5, 0.6) is 0 Å². The largest absolute Gasteiger partial charge is 0.467 e. The second kappa shape index (κ2) is 9.25. The quantitative estimate of drug-likeness (QED) is 0.406. The third kappa shape index (κ3) is 5.26. The number of hydrogen-bond donors (Lipinski definition) is 1. The fraction of sp³-hybridized carbons (Fsp3) is 0.158. The molecule has 0 bridgehead atoms. The van der Waals surface area contributed by atoms with Crippen molar-refractivity contribution in [2.45, 2.75) is 18.1 Å². The van der Waals surface area contributed by atoms with Gasteiger partial charge in [0.15, 0.2) is 10.3 Å². The first-order chi connectivity index (χ1) is 14.2. The summed E-state index contributed by atoms with van der Waals surface area (Å²) in [7, 11) is 0. The van der Waals surface area contributed by atoms with E-state index in [0.29, 0.717) is 23.3 Å². The molecule has 0 radical (unpaired) electrons. The molecule has 7 nitrogen and oxygen atoms in total. The molecule has 3 aromatic heterocycles. The molecule has 0 aliphatic rings. The fourth-order valence-electron chi connectivity index (χ4n) is 2.60. The number of thioether (sulfide) groups is 1. The van der Waals surface area contributed by atoms with Crippen molar-refractivity contribution < 1.29 is 9.21 Å². The summed E-state index contributed by atoms with van der Waals surface area (Å²) in [6.45, 7) is 0.516. The van der Waals surface area contributed by atoms with Crippen molar-refractivity contribution in [1.82, 2.24) is 19.7 Å². The van der Waals surface area contributed by atoms with E-state index in [0.717, 1.165) is 21.2 Å². The minimum absolute atomic E-state index is 0.152. The molecule has 0 saturated carbocycles. The number of thiazole rings is 1. The van der Waals surface area contributed by atoms with Gasteiger partial charge in [-0.05, 0) is 23.8 Å². The van der Waals surface area contributed by atoms with Crippen LogP contribution in [-0.4, -0.2) is 31.4 Å². The predicted octanol–water partition coefficient (Wildman–Crippen LogP) is 4.35. The number of nitrogens with one attached hydrogen (secondary N) is 1. The van der Waals surface area contributed by atoms with Crippen LogP contribution in [-0.2, 0) is 17.8 Å². The molecular formula is C19H16ClN5O2S2. The number of amides is 1. The summed E-state index contributed by atoms with van der Waals surface area (Å²) >= 11 is 8.95. The first kappa shape index (κ1) is 19.7. The van der Waals surface area contributed by atoms with Crippen molar-refractivity contribution in [3.63, 3.8) is 0 Å². The van der Waals surface area contributed by atoms with Gasteiger partial charge in [-0.25, -0.2) is 4.98 Å². The zero-order valence-corrected chi connectivity index (χ0v) is 17.5. The molecular weight excluding hydrogens is 430 g/mol. The third-order valence-electron chi connectivity index (χ3n) is 3.94. The molecule has 0 spiro atoms. The zero-order chi connectivity index (χ0) is 20.1. The molecule has 3 heterocycles. The summed E-state index contributed by atoms with van der Waals surface area (Å²) in [5, 5.41) is 12.7. The number of hydrogen-bond acceptors (Lipinski definition) is 7. The smallest absolute Gasteiger partial charge is 0.236 e. The molecule has 0 unspecified atom stereocenters. The Morgan fingerprint density at radius 1 is 1.28 bits per heavy atom. The Morgan fingerprint density at radius 3 is 3.00 bits per heavy atom. The number of rotatable bonds is 8. The van der Waals surface area contributed by atoms with Gasteiger partial charge in [-0.2, -0.15) is 0 Å². The van der Waals surface area contributed by atoms with Crippen LogP contribution in [0.25, 0.3) is 0 Å². The van der Waals surface area contributed by atoms with E-state index in [2.05, 4.69) is 20.5 Å². The van der Waals surface area contributed by atoms with E-state index in [-0.39, 0.29) is 11.7 Å². The van der Waals surface area contributed by atoms with E-state index in [4.69, 9.17) is 16.0 Å². The minimum atomic E-state index is -0.152.